The number of nitrogens with zero attached hydrogens (tertiary/aromatic N) is 1. The number of aromatic nitrogens is 1. The van der Waals surface area contributed by atoms with Crippen LogP contribution in [-0.2, 0) is 4.74 Å². The van der Waals surface area contributed by atoms with Gasteiger partial charge in [0.05, 0.1) is 6.61 Å². The third-order valence-corrected chi connectivity index (χ3v) is 2.29. The van der Waals surface area contributed by atoms with Crippen LogP contribution >= 0.6 is 15.9 Å². The number of carbonyl (C=O) groups is 1. The van der Waals surface area contributed by atoms with Crippen molar-refractivity contribution in [1.82, 2.24) is 4.57 Å². The van der Waals surface area contributed by atoms with Gasteiger partial charge in [0.2, 0.25) is 0 Å². The molecule has 0 saturated carbocycles. The summed E-state index contributed by atoms with van der Waals surface area (Å²) in [5.41, 5.74) is 0.591. The Morgan fingerprint density at radius 1 is 1.64 bits per heavy atom. The van der Waals surface area contributed by atoms with Crippen LogP contribution in [-0.4, -0.2) is 17.1 Å². The summed E-state index contributed by atoms with van der Waals surface area (Å²) >= 11 is 3.34. The van der Waals surface area contributed by atoms with Crippen molar-refractivity contribution in [3.63, 3.8) is 0 Å². The number of rotatable bonds is 3. The summed E-state index contributed by atoms with van der Waals surface area (Å²) in [6.07, 6.45) is 1.89. The van der Waals surface area contributed by atoms with Gasteiger partial charge >= 0.3 is 5.97 Å². The first-order valence-corrected chi connectivity index (χ1v) is 5.40. The zero-order valence-electron chi connectivity index (χ0n) is 8.58. The number of carbonyl (C=O) groups excluding carboxylic acids is 1. The molecule has 0 aliphatic heterocycles. The van der Waals surface area contributed by atoms with Crippen molar-refractivity contribution in [2.24, 2.45) is 0 Å². The minimum absolute atomic E-state index is 0.251. The van der Waals surface area contributed by atoms with E-state index in [1.54, 1.807) is 13.0 Å². The molecule has 1 heterocycles. The molecule has 78 valence electrons. The summed E-state index contributed by atoms with van der Waals surface area (Å²) in [6, 6.07) is 2.03. The molecule has 0 unspecified atom stereocenters. The number of ether oxygens (including phenoxy) is 1. The van der Waals surface area contributed by atoms with E-state index in [4.69, 9.17) is 4.74 Å². The molecule has 0 radical (unpaired) electrons. The van der Waals surface area contributed by atoms with Gasteiger partial charge in [0.15, 0.2) is 0 Å². The minimum Gasteiger partial charge on any atom is -0.461 e. The fourth-order valence-electron chi connectivity index (χ4n) is 1.24. The van der Waals surface area contributed by atoms with E-state index in [2.05, 4.69) is 15.9 Å². The van der Waals surface area contributed by atoms with Crippen LogP contribution in [0.4, 0.5) is 0 Å². The molecule has 4 heteroatoms. The largest absolute Gasteiger partial charge is 0.461 e. The Hall–Kier alpha value is -0.770. The van der Waals surface area contributed by atoms with Crippen LogP contribution in [0.2, 0.25) is 0 Å². The Kier molecular flexibility index (Phi) is 3.75. The SMILES string of the molecule is CCOC(=O)c1cc(Br)cn1C(C)C. The minimum atomic E-state index is -0.271. The zero-order valence-corrected chi connectivity index (χ0v) is 10.2. The second-order valence-electron chi connectivity index (χ2n) is 3.27. The molecule has 0 amide bonds. The van der Waals surface area contributed by atoms with E-state index in [9.17, 15) is 4.79 Å². The molecular formula is C10H14BrNO2. The highest BCUT2D eigenvalue weighted by Gasteiger charge is 2.15. The number of hydrogen-bond donors (Lipinski definition) is 0. The lowest BCUT2D eigenvalue weighted by atomic mass is 10.3. The van der Waals surface area contributed by atoms with E-state index < -0.39 is 0 Å². The summed E-state index contributed by atoms with van der Waals surface area (Å²) in [5, 5.41) is 0. The number of hydrogen-bond acceptors (Lipinski definition) is 2. The highest BCUT2D eigenvalue weighted by molar-refractivity contribution is 9.10. The fraction of sp³-hybridized carbons (Fsp3) is 0.500. The Bertz CT molecular complexity index is 331. The first kappa shape index (κ1) is 11.3. The molecule has 0 bridgehead atoms. The van der Waals surface area contributed by atoms with Gasteiger partial charge in [-0.2, -0.15) is 0 Å². The number of esters is 1. The van der Waals surface area contributed by atoms with Crippen LogP contribution in [0.15, 0.2) is 16.7 Å². The summed E-state index contributed by atoms with van der Waals surface area (Å²) in [5.74, 6) is -0.271. The van der Waals surface area contributed by atoms with Crippen LogP contribution in [0.1, 0.15) is 37.3 Å². The Morgan fingerprint density at radius 3 is 2.79 bits per heavy atom. The summed E-state index contributed by atoms with van der Waals surface area (Å²) in [4.78, 5) is 11.5. The summed E-state index contributed by atoms with van der Waals surface area (Å²) in [7, 11) is 0. The Morgan fingerprint density at radius 2 is 2.29 bits per heavy atom. The van der Waals surface area contributed by atoms with Crippen molar-refractivity contribution in [3.05, 3.63) is 22.4 Å². The Labute approximate surface area is 92.2 Å². The lowest BCUT2D eigenvalue weighted by Gasteiger charge is -2.11. The maximum absolute atomic E-state index is 11.5. The van der Waals surface area contributed by atoms with E-state index in [1.807, 2.05) is 24.6 Å². The molecule has 0 fully saturated rings. The van der Waals surface area contributed by atoms with Crippen molar-refractivity contribution < 1.29 is 9.53 Å². The molecule has 0 aliphatic carbocycles. The molecule has 1 aromatic rings. The van der Waals surface area contributed by atoms with Crippen molar-refractivity contribution in [1.29, 1.82) is 0 Å². The first-order valence-electron chi connectivity index (χ1n) is 4.60. The van der Waals surface area contributed by atoms with Gasteiger partial charge in [0.25, 0.3) is 0 Å². The standard InChI is InChI=1S/C10H14BrNO2/c1-4-14-10(13)9-5-8(11)6-12(9)7(2)3/h5-7H,4H2,1-3H3. The average Bonchev–Trinajstić information content (AvgIpc) is 2.48. The normalized spacial score (nSPS) is 10.6. The van der Waals surface area contributed by atoms with Gasteiger partial charge in [-0.1, -0.05) is 0 Å². The number of halogens is 1. The molecule has 0 spiro atoms. The molecular weight excluding hydrogens is 246 g/mol. The van der Waals surface area contributed by atoms with Gasteiger partial charge in [0.1, 0.15) is 5.69 Å². The van der Waals surface area contributed by atoms with Crippen LogP contribution in [0.25, 0.3) is 0 Å². The van der Waals surface area contributed by atoms with Crippen molar-refractivity contribution in [2.75, 3.05) is 6.61 Å². The van der Waals surface area contributed by atoms with Gasteiger partial charge in [-0.3, -0.25) is 0 Å². The van der Waals surface area contributed by atoms with Crippen molar-refractivity contribution in [3.8, 4) is 0 Å². The highest BCUT2D eigenvalue weighted by atomic mass is 79.9. The van der Waals surface area contributed by atoms with Crippen LogP contribution in [0, 0.1) is 0 Å². The maximum atomic E-state index is 11.5. The molecule has 1 aromatic heterocycles. The lowest BCUT2D eigenvalue weighted by molar-refractivity contribution is 0.0512. The van der Waals surface area contributed by atoms with Crippen LogP contribution in [0.5, 0.6) is 0 Å². The molecule has 0 N–H and O–H groups in total. The van der Waals surface area contributed by atoms with Gasteiger partial charge < -0.3 is 9.30 Å². The lowest BCUT2D eigenvalue weighted by Crippen LogP contribution is -2.12. The van der Waals surface area contributed by atoms with Gasteiger partial charge in [-0.15, -0.1) is 0 Å². The van der Waals surface area contributed by atoms with Gasteiger partial charge in [-0.05, 0) is 42.8 Å². The van der Waals surface area contributed by atoms with E-state index in [-0.39, 0.29) is 12.0 Å². The molecule has 0 saturated heterocycles. The monoisotopic (exact) mass is 259 g/mol. The van der Waals surface area contributed by atoms with E-state index in [1.165, 1.54) is 0 Å². The van der Waals surface area contributed by atoms with Gasteiger partial charge in [0, 0.05) is 16.7 Å². The molecule has 0 aliphatic rings. The first-order chi connectivity index (χ1) is 6.56. The van der Waals surface area contributed by atoms with Crippen LogP contribution < -0.4 is 0 Å². The average molecular weight is 260 g/mol. The Balaban J connectivity index is 3.00. The second kappa shape index (κ2) is 4.64. The summed E-state index contributed by atoms with van der Waals surface area (Å²) in [6.45, 7) is 6.25. The van der Waals surface area contributed by atoms with E-state index in [0.29, 0.717) is 12.3 Å². The third-order valence-electron chi connectivity index (χ3n) is 1.86. The van der Waals surface area contributed by atoms with Crippen molar-refractivity contribution >= 4 is 21.9 Å². The smallest absolute Gasteiger partial charge is 0.354 e. The predicted octanol–water partition coefficient (Wildman–Crippen LogP) is 3.01. The topological polar surface area (TPSA) is 31.2 Å². The molecule has 14 heavy (non-hydrogen) atoms. The predicted molar refractivity (Wildman–Crippen MR) is 58.5 cm³/mol. The summed E-state index contributed by atoms with van der Waals surface area (Å²) < 4.78 is 7.74. The molecule has 0 aromatic carbocycles. The molecule has 1 rings (SSSR count). The van der Waals surface area contributed by atoms with E-state index >= 15 is 0 Å². The third kappa shape index (κ3) is 2.38. The highest BCUT2D eigenvalue weighted by Crippen LogP contribution is 2.19. The quantitative estimate of drug-likeness (QED) is 0.782. The molecule has 0 atom stereocenters. The zero-order chi connectivity index (χ0) is 10.7. The molecule has 3 nitrogen and oxygen atoms in total. The second-order valence-corrected chi connectivity index (χ2v) is 4.18. The van der Waals surface area contributed by atoms with Gasteiger partial charge in [-0.25, -0.2) is 4.79 Å². The maximum Gasteiger partial charge on any atom is 0.354 e. The van der Waals surface area contributed by atoms with E-state index in [0.717, 1.165) is 4.47 Å². The van der Waals surface area contributed by atoms with Crippen molar-refractivity contribution in [2.45, 2.75) is 26.8 Å². The van der Waals surface area contributed by atoms with Crippen LogP contribution in [0.3, 0.4) is 0 Å². The fourth-order valence-corrected chi connectivity index (χ4v) is 1.68.